The minimum absolute atomic E-state index is 0.0885. The van der Waals surface area contributed by atoms with Crippen molar-refractivity contribution in [3.05, 3.63) is 11.8 Å². The molecule has 3 nitrogen and oxygen atoms in total. The van der Waals surface area contributed by atoms with Gasteiger partial charge in [-0.05, 0) is 26.7 Å². The van der Waals surface area contributed by atoms with Crippen molar-refractivity contribution in [2.45, 2.75) is 45.6 Å². The standard InChI is InChI=1S/C12H19F2NO2/c1-4-10(11(16)17-5-2)15-8(3)9-6-12(13,14)7-9/h4,8-9,15H,5-7H2,1-3H3/b10-4-. The lowest BCUT2D eigenvalue weighted by Gasteiger charge is -2.39. The molecular weight excluding hydrogens is 228 g/mol. The van der Waals surface area contributed by atoms with E-state index < -0.39 is 11.9 Å². The van der Waals surface area contributed by atoms with Gasteiger partial charge in [-0.3, -0.25) is 0 Å². The summed E-state index contributed by atoms with van der Waals surface area (Å²) in [6.07, 6.45) is 1.38. The lowest BCUT2D eigenvalue weighted by atomic mass is 9.77. The molecule has 1 aliphatic rings. The summed E-state index contributed by atoms with van der Waals surface area (Å²) in [6.45, 7) is 5.54. The first-order valence-corrected chi connectivity index (χ1v) is 5.87. The highest BCUT2D eigenvalue weighted by Crippen LogP contribution is 2.44. The molecule has 17 heavy (non-hydrogen) atoms. The number of hydrogen-bond donors (Lipinski definition) is 1. The number of carbonyl (C=O) groups is 1. The second kappa shape index (κ2) is 5.47. The van der Waals surface area contributed by atoms with Crippen molar-refractivity contribution >= 4 is 5.97 Å². The van der Waals surface area contributed by atoms with E-state index in [4.69, 9.17) is 4.74 Å². The number of rotatable bonds is 5. The molecule has 0 aliphatic heterocycles. The van der Waals surface area contributed by atoms with Gasteiger partial charge in [0.2, 0.25) is 5.92 Å². The molecule has 0 aromatic rings. The van der Waals surface area contributed by atoms with Crippen molar-refractivity contribution in [2.75, 3.05) is 6.61 Å². The van der Waals surface area contributed by atoms with Crippen LogP contribution in [0.3, 0.4) is 0 Å². The maximum absolute atomic E-state index is 12.7. The monoisotopic (exact) mass is 247 g/mol. The fourth-order valence-electron chi connectivity index (χ4n) is 1.89. The minimum atomic E-state index is -2.53. The number of ether oxygens (including phenoxy) is 1. The Morgan fingerprint density at radius 1 is 1.59 bits per heavy atom. The zero-order valence-corrected chi connectivity index (χ0v) is 10.4. The Kier molecular flexibility index (Phi) is 4.48. The van der Waals surface area contributed by atoms with Crippen molar-refractivity contribution in [1.29, 1.82) is 0 Å². The van der Waals surface area contributed by atoms with Crippen LogP contribution in [-0.4, -0.2) is 24.5 Å². The van der Waals surface area contributed by atoms with E-state index in [9.17, 15) is 13.6 Å². The maximum Gasteiger partial charge on any atom is 0.354 e. The summed E-state index contributed by atoms with van der Waals surface area (Å²) >= 11 is 0. The van der Waals surface area contributed by atoms with Gasteiger partial charge in [0.25, 0.3) is 0 Å². The fraction of sp³-hybridized carbons (Fsp3) is 0.750. The molecule has 0 spiro atoms. The Morgan fingerprint density at radius 2 is 2.18 bits per heavy atom. The van der Waals surface area contributed by atoms with Gasteiger partial charge in [0.05, 0.1) is 6.61 Å². The molecule has 1 unspecified atom stereocenters. The number of carbonyl (C=O) groups excluding carboxylic acids is 1. The lowest BCUT2D eigenvalue weighted by Crippen LogP contribution is -2.47. The summed E-state index contributed by atoms with van der Waals surface area (Å²) in [4.78, 5) is 11.5. The first kappa shape index (κ1) is 13.9. The van der Waals surface area contributed by atoms with Crippen molar-refractivity contribution in [3.8, 4) is 0 Å². The zero-order chi connectivity index (χ0) is 13.1. The smallest absolute Gasteiger partial charge is 0.354 e. The van der Waals surface area contributed by atoms with Crippen molar-refractivity contribution in [3.63, 3.8) is 0 Å². The molecule has 0 amide bonds. The Labute approximate surface area is 100 Å². The summed E-state index contributed by atoms with van der Waals surface area (Å²) in [5.41, 5.74) is 0.342. The predicted molar refractivity (Wildman–Crippen MR) is 60.7 cm³/mol. The number of hydrogen-bond acceptors (Lipinski definition) is 3. The lowest BCUT2D eigenvalue weighted by molar-refractivity contribution is -0.139. The van der Waals surface area contributed by atoms with E-state index in [2.05, 4.69) is 5.32 Å². The molecule has 98 valence electrons. The molecule has 1 aliphatic carbocycles. The number of allylic oxidation sites excluding steroid dienone is 1. The predicted octanol–water partition coefficient (Wildman–Crippen LogP) is 2.48. The normalized spacial score (nSPS) is 21.6. The van der Waals surface area contributed by atoms with E-state index in [1.54, 1.807) is 19.9 Å². The first-order valence-electron chi connectivity index (χ1n) is 5.87. The molecule has 0 bridgehead atoms. The van der Waals surface area contributed by atoms with Crippen LogP contribution in [0.4, 0.5) is 8.78 Å². The average Bonchev–Trinajstić information content (AvgIpc) is 2.22. The van der Waals surface area contributed by atoms with Crippen LogP contribution in [-0.2, 0) is 9.53 Å². The molecule has 0 heterocycles. The van der Waals surface area contributed by atoms with E-state index in [0.29, 0.717) is 12.3 Å². The Bertz CT molecular complexity index is 308. The number of esters is 1. The van der Waals surface area contributed by atoms with E-state index in [0.717, 1.165) is 0 Å². The largest absolute Gasteiger partial charge is 0.461 e. The molecular formula is C12H19F2NO2. The molecule has 0 saturated heterocycles. The Hall–Kier alpha value is -1.13. The number of halogens is 2. The van der Waals surface area contributed by atoms with Crippen LogP contribution in [0, 0.1) is 5.92 Å². The Balaban J connectivity index is 2.44. The molecule has 1 fully saturated rings. The van der Waals surface area contributed by atoms with Crippen molar-refractivity contribution < 1.29 is 18.3 Å². The fourth-order valence-corrected chi connectivity index (χ4v) is 1.89. The minimum Gasteiger partial charge on any atom is -0.461 e. The third-order valence-corrected chi connectivity index (χ3v) is 3.00. The van der Waals surface area contributed by atoms with Crippen LogP contribution < -0.4 is 5.32 Å². The quantitative estimate of drug-likeness (QED) is 0.599. The van der Waals surface area contributed by atoms with Crippen LogP contribution >= 0.6 is 0 Å². The Morgan fingerprint density at radius 3 is 2.59 bits per heavy atom. The highest BCUT2D eigenvalue weighted by Gasteiger charge is 2.47. The van der Waals surface area contributed by atoms with Gasteiger partial charge in [-0.2, -0.15) is 0 Å². The van der Waals surface area contributed by atoms with Gasteiger partial charge in [-0.25, -0.2) is 13.6 Å². The van der Waals surface area contributed by atoms with Gasteiger partial charge in [0.15, 0.2) is 0 Å². The van der Waals surface area contributed by atoms with Gasteiger partial charge < -0.3 is 10.1 Å². The van der Waals surface area contributed by atoms with E-state index >= 15 is 0 Å². The second-order valence-electron chi connectivity index (χ2n) is 4.38. The highest BCUT2D eigenvalue weighted by molar-refractivity contribution is 5.87. The molecule has 1 rings (SSSR count). The summed E-state index contributed by atoms with van der Waals surface area (Å²) in [5.74, 6) is -3.05. The SMILES string of the molecule is C/C=C(\NC(C)C1CC(F)(F)C1)C(=O)OCC. The second-order valence-corrected chi connectivity index (χ2v) is 4.38. The van der Waals surface area contributed by atoms with Crippen LogP contribution in [0.15, 0.2) is 11.8 Å². The van der Waals surface area contributed by atoms with Gasteiger partial charge in [0, 0.05) is 18.9 Å². The molecule has 1 saturated carbocycles. The number of alkyl halides is 2. The molecule has 1 atom stereocenters. The van der Waals surface area contributed by atoms with Crippen LogP contribution in [0.1, 0.15) is 33.6 Å². The molecule has 0 aromatic heterocycles. The summed E-state index contributed by atoms with van der Waals surface area (Å²) in [7, 11) is 0. The highest BCUT2D eigenvalue weighted by atomic mass is 19.3. The van der Waals surface area contributed by atoms with E-state index in [1.165, 1.54) is 0 Å². The van der Waals surface area contributed by atoms with Crippen LogP contribution in [0.25, 0.3) is 0 Å². The van der Waals surface area contributed by atoms with E-state index in [1.807, 2.05) is 6.92 Å². The average molecular weight is 247 g/mol. The van der Waals surface area contributed by atoms with Crippen LogP contribution in [0.5, 0.6) is 0 Å². The topological polar surface area (TPSA) is 38.3 Å². The van der Waals surface area contributed by atoms with Crippen molar-refractivity contribution in [2.24, 2.45) is 5.92 Å². The molecule has 5 heteroatoms. The van der Waals surface area contributed by atoms with Gasteiger partial charge in [-0.1, -0.05) is 6.08 Å². The van der Waals surface area contributed by atoms with Gasteiger partial charge in [0.1, 0.15) is 5.70 Å². The summed E-state index contributed by atoms with van der Waals surface area (Å²) < 4.78 is 30.3. The molecule has 0 aromatic carbocycles. The third-order valence-electron chi connectivity index (χ3n) is 3.00. The maximum atomic E-state index is 12.7. The summed E-state index contributed by atoms with van der Waals surface area (Å²) in [5, 5.41) is 2.94. The van der Waals surface area contributed by atoms with Crippen molar-refractivity contribution in [1.82, 2.24) is 5.32 Å². The number of nitrogens with one attached hydrogen (secondary N) is 1. The molecule has 1 N–H and O–H groups in total. The van der Waals surface area contributed by atoms with Gasteiger partial charge >= 0.3 is 5.97 Å². The van der Waals surface area contributed by atoms with Crippen LogP contribution in [0.2, 0.25) is 0 Å². The zero-order valence-electron chi connectivity index (χ0n) is 10.4. The van der Waals surface area contributed by atoms with Gasteiger partial charge in [-0.15, -0.1) is 0 Å². The molecule has 0 radical (unpaired) electrons. The first-order chi connectivity index (χ1) is 7.89. The third kappa shape index (κ3) is 3.68. The van der Waals surface area contributed by atoms with E-state index in [-0.39, 0.29) is 24.8 Å². The summed E-state index contributed by atoms with van der Waals surface area (Å²) in [6, 6.07) is -0.148.